The Kier molecular flexibility index (Phi) is 8.45. The number of halogens is 3. The van der Waals surface area contributed by atoms with Gasteiger partial charge in [-0.25, -0.2) is 4.98 Å². The van der Waals surface area contributed by atoms with Crippen LogP contribution in [0.5, 0.6) is 0 Å². The number of fused-ring (bicyclic) bond motifs is 8. The first kappa shape index (κ1) is 30.5. The molecule has 0 saturated heterocycles. The fraction of sp³-hybridized carbons (Fsp3) is 0.0270. The highest BCUT2D eigenvalue weighted by Gasteiger charge is 2.19. The number of hydrogen-bond donors (Lipinski definition) is 0. The molecule has 0 unspecified atom stereocenters. The van der Waals surface area contributed by atoms with Gasteiger partial charge >= 0.3 is 0 Å². The average molecular weight is 840 g/mol. The van der Waals surface area contributed by atoms with Crippen molar-refractivity contribution in [1.29, 1.82) is 0 Å². The third kappa shape index (κ3) is 5.62. The zero-order chi connectivity index (χ0) is 31.9. The van der Waals surface area contributed by atoms with E-state index in [1.54, 1.807) is 47.5 Å². The molecule has 0 bridgehead atoms. The molecule has 47 heavy (non-hydrogen) atoms. The van der Waals surface area contributed by atoms with Crippen molar-refractivity contribution in [2.24, 2.45) is 0 Å². The van der Waals surface area contributed by atoms with Crippen molar-refractivity contribution in [3.05, 3.63) is 144 Å². The molecular weight excluding hydrogens is 818 g/mol. The van der Waals surface area contributed by atoms with Crippen LogP contribution in [0.1, 0.15) is 11.1 Å². The highest BCUT2D eigenvalue weighted by Crippen LogP contribution is 2.41. The number of para-hydroxylation sites is 2. The molecule has 0 fully saturated rings. The summed E-state index contributed by atoms with van der Waals surface area (Å²) in [5.41, 5.74) is 11.8. The lowest BCUT2D eigenvalue weighted by Gasteiger charge is -2.04. The largest absolute Gasteiger partial charge is 0.299 e. The van der Waals surface area contributed by atoms with Crippen LogP contribution in [0.3, 0.4) is 0 Å². The molecule has 0 atom stereocenters. The van der Waals surface area contributed by atoms with Crippen molar-refractivity contribution < 1.29 is 0 Å². The predicted molar refractivity (Wildman–Crippen MR) is 207 cm³/mol. The standard InChI is InChI=1S/C18H10BrN3S.C13H10.C6H2Br2N2S/c19-17-15-16(21-10-9-20-15)18(23-17)22-13-7-3-1-5-11(13)12-6-2-4-8-14(12)22;1-3-7-12-10(5-1)9-11-6-2-4-8-13(11)12;7-5-3-4(6(8)11-5)10-2-1-9-3/h1-10H;1-8H,9H2;1-2H. The fourth-order valence-corrected chi connectivity index (χ4v) is 10.5. The Morgan fingerprint density at radius 2 is 0.872 bits per heavy atom. The van der Waals surface area contributed by atoms with E-state index >= 15 is 0 Å². The van der Waals surface area contributed by atoms with E-state index in [9.17, 15) is 0 Å². The molecule has 0 spiro atoms. The number of hydrogen-bond acceptors (Lipinski definition) is 6. The Bertz CT molecular complexity index is 2440. The van der Waals surface area contributed by atoms with Gasteiger partial charge in [-0.15, -0.1) is 22.7 Å². The number of rotatable bonds is 1. The smallest absolute Gasteiger partial charge is 0.130 e. The maximum atomic E-state index is 4.57. The predicted octanol–water partition coefficient (Wildman–Crippen LogP) is 12.0. The van der Waals surface area contributed by atoms with Crippen LogP contribution in [0, 0.1) is 0 Å². The van der Waals surface area contributed by atoms with Gasteiger partial charge < -0.3 is 0 Å². The van der Waals surface area contributed by atoms with Crippen molar-refractivity contribution in [3.8, 4) is 16.1 Å². The summed E-state index contributed by atoms with van der Waals surface area (Å²) in [5, 5.41) is 3.60. The second-order valence-electron chi connectivity index (χ2n) is 10.7. The quantitative estimate of drug-likeness (QED) is 0.165. The number of aromatic nitrogens is 5. The molecule has 5 nitrogen and oxygen atoms in total. The monoisotopic (exact) mass is 837 g/mol. The van der Waals surface area contributed by atoms with Gasteiger partial charge in [0.1, 0.15) is 27.1 Å². The molecule has 9 aromatic rings. The first-order valence-corrected chi connectivity index (χ1v) is 18.7. The highest BCUT2D eigenvalue weighted by molar-refractivity contribution is 9.12. The first-order valence-electron chi connectivity index (χ1n) is 14.7. The molecule has 4 aromatic carbocycles. The van der Waals surface area contributed by atoms with Crippen molar-refractivity contribution >= 4 is 114 Å². The summed E-state index contributed by atoms with van der Waals surface area (Å²) in [4.78, 5) is 17.4. The van der Waals surface area contributed by atoms with E-state index in [2.05, 4.69) is 169 Å². The van der Waals surface area contributed by atoms with E-state index < -0.39 is 0 Å². The van der Waals surface area contributed by atoms with Crippen LogP contribution in [0.4, 0.5) is 0 Å². The van der Waals surface area contributed by atoms with Crippen LogP contribution in [0.2, 0.25) is 0 Å². The molecule has 5 heterocycles. The second kappa shape index (κ2) is 13.0. The Labute approximate surface area is 303 Å². The lowest BCUT2D eigenvalue weighted by Crippen LogP contribution is -1.92. The van der Waals surface area contributed by atoms with Gasteiger partial charge in [0.25, 0.3) is 0 Å². The van der Waals surface area contributed by atoms with E-state index in [0.717, 1.165) is 44.8 Å². The van der Waals surface area contributed by atoms with Gasteiger partial charge in [0.15, 0.2) is 0 Å². The van der Waals surface area contributed by atoms with Gasteiger partial charge in [-0.2, -0.15) is 0 Å². The summed E-state index contributed by atoms with van der Waals surface area (Å²) in [6, 6.07) is 34.3. The lowest BCUT2D eigenvalue weighted by atomic mass is 10.1. The molecule has 0 N–H and O–H groups in total. The lowest BCUT2D eigenvalue weighted by molar-refractivity contribution is 1.21. The molecule has 0 saturated carbocycles. The summed E-state index contributed by atoms with van der Waals surface area (Å²) < 4.78 is 5.34. The average Bonchev–Trinajstić information content (AvgIpc) is 3.85. The Morgan fingerprint density at radius 1 is 0.468 bits per heavy atom. The fourth-order valence-electron chi connectivity index (χ4n) is 5.99. The second-order valence-corrected chi connectivity index (χ2v) is 16.7. The van der Waals surface area contributed by atoms with Crippen LogP contribution >= 0.6 is 70.5 Å². The van der Waals surface area contributed by atoms with Crippen molar-refractivity contribution in [1.82, 2.24) is 24.5 Å². The van der Waals surface area contributed by atoms with E-state index in [-0.39, 0.29) is 0 Å². The minimum Gasteiger partial charge on any atom is -0.299 e. The van der Waals surface area contributed by atoms with E-state index in [4.69, 9.17) is 0 Å². The van der Waals surface area contributed by atoms with E-state index in [1.165, 1.54) is 44.1 Å². The SMILES string of the molecule is Brc1sc(-n2c3ccccc3c3ccccc32)c2nccnc12.Brc1sc(Br)c2nccnc12.c1ccc2c(c1)Cc1ccccc1-2. The molecular formula is C37H22Br3N5S2. The zero-order valence-corrected chi connectivity index (χ0v) is 30.8. The summed E-state index contributed by atoms with van der Waals surface area (Å²) in [7, 11) is 0. The normalized spacial score (nSPS) is 11.6. The number of thiophene rings is 2. The number of nitrogens with zero attached hydrogens (tertiary/aromatic N) is 5. The molecule has 10 heteroatoms. The molecule has 10 rings (SSSR count). The van der Waals surface area contributed by atoms with Crippen LogP contribution < -0.4 is 0 Å². The summed E-state index contributed by atoms with van der Waals surface area (Å²) in [5.74, 6) is 0. The summed E-state index contributed by atoms with van der Waals surface area (Å²) in [6.45, 7) is 0. The molecule has 0 radical (unpaired) electrons. The van der Waals surface area contributed by atoms with Gasteiger partial charge in [0, 0.05) is 35.6 Å². The van der Waals surface area contributed by atoms with Gasteiger partial charge in [-0.3, -0.25) is 19.5 Å². The summed E-state index contributed by atoms with van der Waals surface area (Å²) >= 11 is 13.7. The topological polar surface area (TPSA) is 56.5 Å². The molecule has 0 amide bonds. The van der Waals surface area contributed by atoms with Crippen molar-refractivity contribution in [2.75, 3.05) is 0 Å². The Hall–Kier alpha value is -3.80. The van der Waals surface area contributed by atoms with Gasteiger partial charge in [-0.05, 0) is 88.6 Å². The van der Waals surface area contributed by atoms with Crippen LogP contribution in [0.25, 0.3) is 60.0 Å². The van der Waals surface area contributed by atoms with Gasteiger partial charge in [0.2, 0.25) is 0 Å². The number of benzene rings is 4. The molecule has 5 aromatic heterocycles. The van der Waals surface area contributed by atoms with Gasteiger partial charge in [0.05, 0.1) is 22.4 Å². The van der Waals surface area contributed by atoms with Crippen LogP contribution in [0.15, 0.2) is 133 Å². The molecule has 1 aliphatic rings. The maximum Gasteiger partial charge on any atom is 0.130 e. The zero-order valence-electron chi connectivity index (χ0n) is 24.4. The molecule has 1 aliphatic carbocycles. The highest BCUT2D eigenvalue weighted by atomic mass is 79.9. The minimum atomic E-state index is 0.911. The Balaban J connectivity index is 0.000000114. The van der Waals surface area contributed by atoms with Crippen molar-refractivity contribution in [2.45, 2.75) is 6.42 Å². The van der Waals surface area contributed by atoms with Crippen LogP contribution in [-0.2, 0) is 6.42 Å². The third-order valence-electron chi connectivity index (χ3n) is 8.01. The first-order chi connectivity index (χ1) is 23.1. The van der Waals surface area contributed by atoms with Crippen LogP contribution in [-0.4, -0.2) is 24.5 Å². The van der Waals surface area contributed by atoms with Gasteiger partial charge in [-0.1, -0.05) is 84.9 Å². The van der Waals surface area contributed by atoms with E-state index in [0.29, 0.717) is 0 Å². The van der Waals surface area contributed by atoms with E-state index in [1.807, 2.05) is 0 Å². The third-order valence-corrected chi connectivity index (χ3v) is 12.3. The molecule has 228 valence electrons. The molecule has 0 aliphatic heterocycles. The maximum absolute atomic E-state index is 4.57. The Morgan fingerprint density at radius 3 is 1.40 bits per heavy atom. The van der Waals surface area contributed by atoms with Crippen molar-refractivity contribution in [3.63, 3.8) is 0 Å². The minimum absolute atomic E-state index is 0.911. The summed E-state index contributed by atoms with van der Waals surface area (Å²) in [6.07, 6.45) is 7.96.